The molecule has 2 rings (SSSR count). The zero-order valence-corrected chi connectivity index (χ0v) is 11.2. The maximum Gasteiger partial charge on any atom is 0.238 e. The quantitative estimate of drug-likeness (QED) is 0.709. The second-order valence-electron chi connectivity index (χ2n) is 5.02. The number of hydrogen-bond acceptors (Lipinski definition) is 3. The van der Waals surface area contributed by atoms with Crippen molar-refractivity contribution < 1.29 is 4.79 Å². The van der Waals surface area contributed by atoms with E-state index >= 15 is 0 Å². The summed E-state index contributed by atoms with van der Waals surface area (Å²) in [5.41, 5.74) is 0. The third kappa shape index (κ3) is 3.24. The Bertz CT molecular complexity index is 339. The fourth-order valence-corrected chi connectivity index (χ4v) is 2.98. The van der Waals surface area contributed by atoms with E-state index in [-0.39, 0.29) is 11.9 Å². The first-order chi connectivity index (χ1) is 8.83. The van der Waals surface area contributed by atoms with Crippen LogP contribution in [0.4, 0.5) is 0 Å². The van der Waals surface area contributed by atoms with Crippen molar-refractivity contribution in [2.24, 2.45) is 0 Å². The molecule has 2 fully saturated rings. The molecule has 1 atom stereocenters. The van der Waals surface area contributed by atoms with Gasteiger partial charge in [-0.05, 0) is 52.2 Å². The van der Waals surface area contributed by atoms with Crippen molar-refractivity contribution in [1.29, 1.82) is 0 Å². The van der Waals surface area contributed by atoms with Crippen molar-refractivity contribution >= 4 is 5.91 Å². The van der Waals surface area contributed by atoms with E-state index in [1.165, 1.54) is 12.8 Å². The Kier molecular flexibility index (Phi) is 5.03. The summed E-state index contributed by atoms with van der Waals surface area (Å²) in [6.07, 6.45) is 4.47. The van der Waals surface area contributed by atoms with Crippen molar-refractivity contribution in [3.63, 3.8) is 0 Å². The van der Waals surface area contributed by atoms with E-state index in [0.29, 0.717) is 12.6 Å². The molecule has 0 aliphatic carbocycles. The summed E-state index contributed by atoms with van der Waals surface area (Å²) >= 11 is 0. The van der Waals surface area contributed by atoms with E-state index in [4.69, 9.17) is 0 Å². The van der Waals surface area contributed by atoms with E-state index in [9.17, 15) is 4.79 Å². The molecule has 0 bridgehead atoms. The zero-order chi connectivity index (χ0) is 12.8. The highest BCUT2D eigenvalue weighted by atomic mass is 16.2. The van der Waals surface area contributed by atoms with Gasteiger partial charge < -0.3 is 10.6 Å². The van der Waals surface area contributed by atoms with E-state index in [0.717, 1.165) is 32.5 Å². The topological polar surface area (TPSA) is 44.4 Å². The molecule has 0 saturated carbocycles. The third-order valence-electron chi connectivity index (χ3n) is 3.90. The second kappa shape index (κ2) is 6.77. The van der Waals surface area contributed by atoms with Gasteiger partial charge in [0.1, 0.15) is 0 Å². The number of nitrogens with one attached hydrogen (secondary N) is 2. The normalized spacial score (nSPS) is 25.5. The van der Waals surface area contributed by atoms with Crippen LogP contribution in [0.2, 0.25) is 0 Å². The average molecular weight is 249 g/mol. The first kappa shape index (κ1) is 13.4. The number of piperidine rings is 1. The number of nitrogens with zero attached hydrogens (tertiary/aromatic N) is 1. The van der Waals surface area contributed by atoms with Crippen LogP contribution >= 0.6 is 0 Å². The Labute approximate surface area is 109 Å². The van der Waals surface area contributed by atoms with Gasteiger partial charge in [0.25, 0.3) is 0 Å². The van der Waals surface area contributed by atoms with Gasteiger partial charge in [-0.2, -0.15) is 0 Å². The van der Waals surface area contributed by atoms with Gasteiger partial charge in [-0.15, -0.1) is 5.92 Å². The summed E-state index contributed by atoms with van der Waals surface area (Å²) in [7, 11) is 0. The van der Waals surface area contributed by atoms with Crippen LogP contribution in [-0.2, 0) is 4.79 Å². The molecule has 2 N–H and O–H groups in total. The summed E-state index contributed by atoms with van der Waals surface area (Å²) in [6.45, 7) is 5.50. The molecule has 2 heterocycles. The lowest BCUT2D eigenvalue weighted by atomic mass is 10.0. The standard InChI is InChI=1S/C14H23N3O/c1-2-3-8-16-14(18)13-5-4-11-17(13)12-6-9-15-10-7-12/h12-13,15H,4-11H2,1H3,(H,16,18). The van der Waals surface area contributed by atoms with Crippen LogP contribution in [0.15, 0.2) is 0 Å². The summed E-state index contributed by atoms with van der Waals surface area (Å²) in [5.74, 6) is 5.85. The Morgan fingerprint density at radius 1 is 1.39 bits per heavy atom. The maximum atomic E-state index is 12.1. The van der Waals surface area contributed by atoms with Crippen LogP contribution < -0.4 is 10.6 Å². The predicted octanol–water partition coefficient (Wildman–Crippen LogP) is 0.342. The van der Waals surface area contributed by atoms with Crippen LogP contribution in [0.3, 0.4) is 0 Å². The molecular formula is C14H23N3O. The van der Waals surface area contributed by atoms with Gasteiger partial charge in [0, 0.05) is 6.04 Å². The molecule has 0 aromatic carbocycles. The Morgan fingerprint density at radius 2 is 2.17 bits per heavy atom. The number of rotatable bonds is 3. The molecule has 2 aliphatic rings. The minimum absolute atomic E-state index is 0.0757. The molecular weight excluding hydrogens is 226 g/mol. The van der Waals surface area contributed by atoms with E-state index in [2.05, 4.69) is 27.4 Å². The fourth-order valence-electron chi connectivity index (χ4n) is 2.98. The summed E-state index contributed by atoms with van der Waals surface area (Å²) in [6, 6.07) is 0.661. The molecule has 4 nitrogen and oxygen atoms in total. The maximum absolute atomic E-state index is 12.1. The van der Waals surface area contributed by atoms with Crippen LogP contribution in [0.1, 0.15) is 32.6 Å². The lowest BCUT2D eigenvalue weighted by Crippen LogP contribution is -2.50. The molecule has 4 heteroatoms. The molecule has 2 aliphatic heterocycles. The van der Waals surface area contributed by atoms with Crippen molar-refractivity contribution in [3.05, 3.63) is 0 Å². The van der Waals surface area contributed by atoms with Crippen molar-refractivity contribution in [2.45, 2.75) is 44.7 Å². The molecule has 0 spiro atoms. The lowest BCUT2D eigenvalue weighted by molar-refractivity contribution is -0.126. The Morgan fingerprint density at radius 3 is 2.89 bits per heavy atom. The molecule has 1 unspecified atom stereocenters. The minimum Gasteiger partial charge on any atom is -0.344 e. The SMILES string of the molecule is CC#CCNC(=O)C1CCCN1C1CCNCC1. The number of carbonyl (C=O) groups is 1. The summed E-state index contributed by atoms with van der Waals surface area (Å²) in [4.78, 5) is 14.5. The molecule has 0 aromatic heterocycles. The third-order valence-corrected chi connectivity index (χ3v) is 3.90. The largest absolute Gasteiger partial charge is 0.344 e. The molecule has 0 radical (unpaired) electrons. The number of carbonyl (C=O) groups excluding carboxylic acids is 1. The number of amides is 1. The van der Waals surface area contributed by atoms with Crippen molar-refractivity contribution in [2.75, 3.05) is 26.2 Å². The Hall–Kier alpha value is -1.05. The van der Waals surface area contributed by atoms with Crippen molar-refractivity contribution in [1.82, 2.24) is 15.5 Å². The molecule has 18 heavy (non-hydrogen) atoms. The number of likely N-dealkylation sites (tertiary alicyclic amines) is 1. The average Bonchev–Trinajstić information content (AvgIpc) is 2.89. The highest BCUT2D eigenvalue weighted by Gasteiger charge is 2.35. The van der Waals surface area contributed by atoms with Gasteiger partial charge in [-0.3, -0.25) is 9.69 Å². The fraction of sp³-hybridized carbons (Fsp3) is 0.786. The van der Waals surface area contributed by atoms with Crippen LogP contribution in [0.25, 0.3) is 0 Å². The van der Waals surface area contributed by atoms with Crippen LogP contribution in [0, 0.1) is 11.8 Å². The van der Waals surface area contributed by atoms with E-state index in [1.54, 1.807) is 6.92 Å². The van der Waals surface area contributed by atoms with Gasteiger partial charge in [0.15, 0.2) is 0 Å². The monoisotopic (exact) mass is 249 g/mol. The molecule has 1 amide bonds. The van der Waals surface area contributed by atoms with E-state index in [1.807, 2.05) is 0 Å². The lowest BCUT2D eigenvalue weighted by Gasteiger charge is -2.35. The first-order valence-corrected chi connectivity index (χ1v) is 6.96. The smallest absolute Gasteiger partial charge is 0.238 e. The zero-order valence-electron chi connectivity index (χ0n) is 11.2. The van der Waals surface area contributed by atoms with Gasteiger partial charge in [0.2, 0.25) is 5.91 Å². The Balaban J connectivity index is 1.88. The van der Waals surface area contributed by atoms with Gasteiger partial charge >= 0.3 is 0 Å². The van der Waals surface area contributed by atoms with Gasteiger partial charge in [-0.1, -0.05) is 5.92 Å². The minimum atomic E-state index is 0.0757. The highest BCUT2D eigenvalue weighted by Crippen LogP contribution is 2.24. The number of hydrogen-bond donors (Lipinski definition) is 2. The highest BCUT2D eigenvalue weighted by molar-refractivity contribution is 5.82. The van der Waals surface area contributed by atoms with Crippen molar-refractivity contribution in [3.8, 4) is 11.8 Å². The van der Waals surface area contributed by atoms with Gasteiger partial charge in [-0.25, -0.2) is 0 Å². The molecule has 2 saturated heterocycles. The first-order valence-electron chi connectivity index (χ1n) is 6.96. The molecule has 0 aromatic rings. The predicted molar refractivity (Wildman–Crippen MR) is 72.1 cm³/mol. The van der Waals surface area contributed by atoms with Crippen LogP contribution in [-0.4, -0.2) is 49.1 Å². The second-order valence-corrected chi connectivity index (χ2v) is 5.02. The van der Waals surface area contributed by atoms with Gasteiger partial charge in [0.05, 0.1) is 12.6 Å². The summed E-state index contributed by atoms with van der Waals surface area (Å²) < 4.78 is 0. The summed E-state index contributed by atoms with van der Waals surface area (Å²) in [5, 5.41) is 6.30. The van der Waals surface area contributed by atoms with Crippen LogP contribution in [0.5, 0.6) is 0 Å². The molecule has 100 valence electrons. The van der Waals surface area contributed by atoms with E-state index < -0.39 is 0 Å².